The van der Waals surface area contributed by atoms with E-state index in [0.29, 0.717) is 0 Å². The molecule has 0 saturated heterocycles. The van der Waals surface area contributed by atoms with Gasteiger partial charge in [-0.05, 0) is 50.2 Å². The van der Waals surface area contributed by atoms with Crippen molar-refractivity contribution in [1.29, 1.82) is 0 Å². The number of guanidine groups is 1. The number of hydrogen-bond acceptors (Lipinski definition) is 3. The fourth-order valence-corrected chi connectivity index (χ4v) is 3.13. The van der Waals surface area contributed by atoms with Gasteiger partial charge in [0.1, 0.15) is 0 Å². The maximum atomic E-state index is 6.15. The summed E-state index contributed by atoms with van der Waals surface area (Å²) in [5.74, 6) is 0.876. The number of hydrogen-bond donors (Lipinski definition) is 2. The summed E-state index contributed by atoms with van der Waals surface area (Å²) < 4.78 is 11.2. The summed E-state index contributed by atoms with van der Waals surface area (Å²) in [6.45, 7) is 6.11. The molecule has 1 unspecified atom stereocenters. The Morgan fingerprint density at radius 3 is 2.92 bits per heavy atom. The second kappa shape index (κ2) is 11.9. The Kier molecular flexibility index (Phi) is 9.37. The van der Waals surface area contributed by atoms with Crippen LogP contribution in [0, 0.1) is 0 Å². The molecule has 0 saturated carbocycles. The van der Waals surface area contributed by atoms with Crippen LogP contribution in [0.5, 0.6) is 0 Å². The van der Waals surface area contributed by atoms with E-state index in [9.17, 15) is 0 Å². The van der Waals surface area contributed by atoms with Crippen molar-refractivity contribution in [2.24, 2.45) is 4.99 Å². The monoisotopic (exact) mass is 347 g/mol. The van der Waals surface area contributed by atoms with Crippen LogP contribution >= 0.6 is 0 Å². The van der Waals surface area contributed by atoms with Gasteiger partial charge in [-0.15, -0.1) is 0 Å². The van der Waals surface area contributed by atoms with Crippen molar-refractivity contribution in [1.82, 2.24) is 10.6 Å². The molecule has 1 aromatic rings. The number of rotatable bonds is 10. The predicted octanol–water partition coefficient (Wildman–Crippen LogP) is 3.06. The highest BCUT2D eigenvalue weighted by Gasteiger charge is 2.19. The van der Waals surface area contributed by atoms with Crippen molar-refractivity contribution in [3.8, 4) is 0 Å². The van der Waals surface area contributed by atoms with Gasteiger partial charge in [0.25, 0.3) is 0 Å². The summed E-state index contributed by atoms with van der Waals surface area (Å²) in [6, 6.07) is 8.69. The number of aryl methyl sites for hydroxylation is 1. The third-order valence-corrected chi connectivity index (χ3v) is 4.37. The Bertz CT molecular complexity index is 519. The van der Waals surface area contributed by atoms with E-state index >= 15 is 0 Å². The van der Waals surface area contributed by atoms with Crippen LogP contribution in [0.15, 0.2) is 29.3 Å². The van der Waals surface area contributed by atoms with E-state index in [-0.39, 0.29) is 6.10 Å². The zero-order chi connectivity index (χ0) is 17.7. The summed E-state index contributed by atoms with van der Waals surface area (Å²) in [4.78, 5) is 4.54. The highest BCUT2D eigenvalue weighted by molar-refractivity contribution is 5.79. The Labute approximate surface area is 152 Å². The van der Waals surface area contributed by atoms with Crippen LogP contribution < -0.4 is 10.6 Å². The molecule has 0 radical (unpaired) electrons. The van der Waals surface area contributed by atoms with Gasteiger partial charge in [0.05, 0.1) is 6.10 Å². The van der Waals surface area contributed by atoms with Crippen molar-refractivity contribution in [2.75, 3.05) is 40.0 Å². The highest BCUT2D eigenvalue weighted by atomic mass is 16.5. The number of aliphatic imine (C=N–C) groups is 1. The van der Waals surface area contributed by atoms with Gasteiger partial charge in [-0.25, -0.2) is 0 Å². The molecule has 0 fully saturated rings. The van der Waals surface area contributed by atoms with Crippen LogP contribution in [0.2, 0.25) is 0 Å². The summed E-state index contributed by atoms with van der Waals surface area (Å²) in [7, 11) is 1.72. The smallest absolute Gasteiger partial charge is 0.191 e. The lowest BCUT2D eigenvalue weighted by Gasteiger charge is -2.25. The van der Waals surface area contributed by atoms with Gasteiger partial charge in [0.2, 0.25) is 0 Å². The van der Waals surface area contributed by atoms with E-state index in [0.717, 1.165) is 58.1 Å². The lowest BCUT2D eigenvalue weighted by Crippen LogP contribution is -2.38. The second-order valence-electron chi connectivity index (χ2n) is 6.34. The van der Waals surface area contributed by atoms with Crippen LogP contribution in [0.25, 0.3) is 0 Å². The number of benzene rings is 1. The van der Waals surface area contributed by atoms with Crippen molar-refractivity contribution in [3.63, 3.8) is 0 Å². The molecule has 0 spiro atoms. The number of nitrogens with one attached hydrogen (secondary N) is 2. The molecule has 0 aromatic heterocycles. The summed E-state index contributed by atoms with van der Waals surface area (Å²) in [5, 5.41) is 6.64. The molecule has 1 aliphatic rings. The van der Waals surface area contributed by atoms with Gasteiger partial charge >= 0.3 is 0 Å². The maximum absolute atomic E-state index is 6.15. The molecular formula is C20H33N3O2. The Morgan fingerprint density at radius 1 is 1.20 bits per heavy atom. The summed E-state index contributed by atoms with van der Waals surface area (Å²) in [5.41, 5.74) is 2.84. The van der Waals surface area contributed by atoms with Crippen LogP contribution in [-0.2, 0) is 15.9 Å². The van der Waals surface area contributed by atoms with Crippen LogP contribution in [0.4, 0.5) is 0 Å². The lowest BCUT2D eigenvalue weighted by atomic mass is 9.89. The third-order valence-electron chi connectivity index (χ3n) is 4.37. The number of fused-ring (bicyclic) bond motifs is 1. The Balaban J connectivity index is 1.67. The normalized spacial score (nSPS) is 17.2. The average molecular weight is 348 g/mol. The first-order valence-electron chi connectivity index (χ1n) is 9.55. The molecule has 0 heterocycles. The van der Waals surface area contributed by atoms with Gasteiger partial charge < -0.3 is 20.1 Å². The first kappa shape index (κ1) is 19.7. The Morgan fingerprint density at radius 2 is 2.08 bits per heavy atom. The van der Waals surface area contributed by atoms with Gasteiger partial charge in [-0.3, -0.25) is 4.99 Å². The summed E-state index contributed by atoms with van der Waals surface area (Å²) in [6.07, 6.45) is 5.72. The van der Waals surface area contributed by atoms with Gasteiger partial charge in [-0.1, -0.05) is 24.3 Å². The van der Waals surface area contributed by atoms with Crippen LogP contribution in [0.1, 0.15) is 49.8 Å². The minimum Gasteiger partial charge on any atom is -0.385 e. The minimum absolute atomic E-state index is 0.265. The molecule has 2 N–H and O–H groups in total. The first-order valence-corrected chi connectivity index (χ1v) is 9.55. The Hall–Kier alpha value is -1.59. The summed E-state index contributed by atoms with van der Waals surface area (Å²) >= 11 is 0. The molecule has 0 amide bonds. The van der Waals surface area contributed by atoms with Crippen molar-refractivity contribution < 1.29 is 9.47 Å². The van der Waals surface area contributed by atoms with E-state index in [2.05, 4.69) is 46.8 Å². The van der Waals surface area contributed by atoms with Gasteiger partial charge in [0.15, 0.2) is 5.96 Å². The number of methoxy groups -OCH3 is 1. The lowest BCUT2D eigenvalue weighted by molar-refractivity contribution is 0.0398. The fraction of sp³-hybridized carbons (Fsp3) is 0.650. The molecule has 140 valence electrons. The standard InChI is InChI=1S/C20H33N3O2/c1-3-21-20(22-13-7-15-24-2)23-14-8-16-25-19-12-6-10-17-9-4-5-11-18(17)19/h4-5,9,11,19H,3,6-8,10,12-16H2,1-2H3,(H2,21,22,23). The molecule has 2 rings (SSSR count). The van der Waals surface area contributed by atoms with Crippen molar-refractivity contribution >= 4 is 5.96 Å². The largest absolute Gasteiger partial charge is 0.385 e. The van der Waals surface area contributed by atoms with Crippen molar-refractivity contribution in [2.45, 2.75) is 45.1 Å². The molecule has 1 aromatic carbocycles. The predicted molar refractivity (Wildman–Crippen MR) is 103 cm³/mol. The second-order valence-corrected chi connectivity index (χ2v) is 6.34. The van der Waals surface area contributed by atoms with E-state index in [1.165, 1.54) is 24.0 Å². The maximum Gasteiger partial charge on any atom is 0.191 e. The van der Waals surface area contributed by atoms with Gasteiger partial charge in [-0.2, -0.15) is 0 Å². The molecular weight excluding hydrogens is 314 g/mol. The fourth-order valence-electron chi connectivity index (χ4n) is 3.13. The van der Waals surface area contributed by atoms with E-state index < -0.39 is 0 Å². The van der Waals surface area contributed by atoms with E-state index in [1.54, 1.807) is 7.11 Å². The quantitative estimate of drug-likeness (QED) is 0.388. The molecule has 5 nitrogen and oxygen atoms in total. The minimum atomic E-state index is 0.265. The van der Waals surface area contributed by atoms with E-state index in [4.69, 9.17) is 9.47 Å². The first-order chi connectivity index (χ1) is 12.3. The zero-order valence-electron chi connectivity index (χ0n) is 15.7. The molecule has 1 atom stereocenters. The van der Waals surface area contributed by atoms with Crippen molar-refractivity contribution in [3.05, 3.63) is 35.4 Å². The molecule has 0 bridgehead atoms. The SMILES string of the molecule is CCNC(=NCCCOC)NCCCOC1CCCc2ccccc21. The highest BCUT2D eigenvalue weighted by Crippen LogP contribution is 2.32. The average Bonchev–Trinajstić information content (AvgIpc) is 2.65. The molecule has 1 aliphatic carbocycles. The molecule has 0 aliphatic heterocycles. The molecule has 25 heavy (non-hydrogen) atoms. The third kappa shape index (κ3) is 7.04. The number of ether oxygens (including phenoxy) is 2. The molecule has 5 heteroatoms. The van der Waals surface area contributed by atoms with E-state index in [1.807, 2.05) is 0 Å². The van der Waals surface area contributed by atoms with Crippen LogP contribution in [-0.4, -0.2) is 45.9 Å². The zero-order valence-corrected chi connectivity index (χ0v) is 15.7. The van der Waals surface area contributed by atoms with Crippen LogP contribution in [0.3, 0.4) is 0 Å². The topological polar surface area (TPSA) is 54.9 Å². The number of nitrogens with zero attached hydrogens (tertiary/aromatic N) is 1. The van der Waals surface area contributed by atoms with Gasteiger partial charge in [0, 0.05) is 40.0 Å².